The Labute approximate surface area is 96.1 Å². The summed E-state index contributed by atoms with van der Waals surface area (Å²) in [5.41, 5.74) is 1.04. The van der Waals surface area contributed by atoms with Gasteiger partial charge in [-0.1, -0.05) is 15.9 Å². The van der Waals surface area contributed by atoms with Crippen LogP contribution in [0.4, 0.5) is 5.69 Å². The number of phenols is 1. The molecular formula is C10H12BrNO3. The van der Waals surface area contributed by atoms with Gasteiger partial charge in [0, 0.05) is 18.0 Å². The van der Waals surface area contributed by atoms with Crippen LogP contribution in [-0.2, 0) is 11.2 Å². The molecule has 0 saturated heterocycles. The van der Waals surface area contributed by atoms with Crippen molar-refractivity contribution in [3.63, 3.8) is 0 Å². The molecule has 0 unspecified atom stereocenters. The molecule has 1 aromatic rings. The lowest BCUT2D eigenvalue weighted by Gasteiger charge is -2.12. The highest BCUT2D eigenvalue weighted by molar-refractivity contribution is 9.10. The fourth-order valence-corrected chi connectivity index (χ4v) is 1.81. The standard InChI is InChI=1S/C10H12BrNO3/c1-6(14)12-10-7(4-5-13)8(11)2-3-9(10)15/h2-3,13,15H,4-5H2,1H3,(H,12,14). The molecule has 82 valence electrons. The minimum absolute atomic E-state index is 0.00292. The number of hydrogen-bond acceptors (Lipinski definition) is 3. The third-order valence-corrected chi connectivity index (χ3v) is 2.64. The quantitative estimate of drug-likeness (QED) is 0.734. The minimum Gasteiger partial charge on any atom is -0.506 e. The Morgan fingerprint density at radius 1 is 1.53 bits per heavy atom. The number of amides is 1. The molecule has 1 rings (SSSR count). The third kappa shape index (κ3) is 2.94. The van der Waals surface area contributed by atoms with Crippen LogP contribution in [-0.4, -0.2) is 22.7 Å². The molecule has 1 amide bonds. The van der Waals surface area contributed by atoms with E-state index in [-0.39, 0.29) is 18.3 Å². The maximum atomic E-state index is 10.9. The normalized spacial score (nSPS) is 10.1. The molecule has 0 heterocycles. The van der Waals surface area contributed by atoms with Crippen LogP contribution in [0.2, 0.25) is 0 Å². The van der Waals surface area contributed by atoms with Crippen molar-refractivity contribution in [1.29, 1.82) is 0 Å². The van der Waals surface area contributed by atoms with Crippen LogP contribution in [0.5, 0.6) is 5.75 Å². The van der Waals surface area contributed by atoms with E-state index in [9.17, 15) is 9.90 Å². The number of anilines is 1. The number of benzene rings is 1. The van der Waals surface area contributed by atoms with Crippen molar-refractivity contribution in [1.82, 2.24) is 0 Å². The van der Waals surface area contributed by atoms with E-state index in [1.807, 2.05) is 0 Å². The van der Waals surface area contributed by atoms with Crippen LogP contribution in [0.15, 0.2) is 16.6 Å². The molecule has 0 spiro atoms. The van der Waals surface area contributed by atoms with E-state index in [2.05, 4.69) is 21.2 Å². The van der Waals surface area contributed by atoms with Gasteiger partial charge in [-0.3, -0.25) is 4.79 Å². The van der Waals surface area contributed by atoms with Crippen molar-refractivity contribution < 1.29 is 15.0 Å². The van der Waals surface area contributed by atoms with Crippen LogP contribution in [0, 0.1) is 0 Å². The highest BCUT2D eigenvalue weighted by atomic mass is 79.9. The number of rotatable bonds is 3. The Morgan fingerprint density at radius 3 is 2.73 bits per heavy atom. The molecule has 3 N–H and O–H groups in total. The average Bonchev–Trinajstić information content (AvgIpc) is 2.17. The lowest BCUT2D eigenvalue weighted by Crippen LogP contribution is -2.09. The zero-order valence-corrected chi connectivity index (χ0v) is 9.84. The molecule has 0 aromatic heterocycles. The van der Waals surface area contributed by atoms with Crippen LogP contribution < -0.4 is 5.32 Å². The zero-order chi connectivity index (χ0) is 11.4. The van der Waals surface area contributed by atoms with E-state index < -0.39 is 0 Å². The molecule has 0 aliphatic carbocycles. The van der Waals surface area contributed by atoms with Gasteiger partial charge in [-0.05, 0) is 24.1 Å². The Kier molecular flexibility index (Phi) is 4.11. The van der Waals surface area contributed by atoms with Gasteiger partial charge in [-0.25, -0.2) is 0 Å². The Bertz CT molecular complexity index is 379. The van der Waals surface area contributed by atoms with Crippen molar-refractivity contribution >= 4 is 27.5 Å². The molecule has 4 nitrogen and oxygen atoms in total. The van der Waals surface area contributed by atoms with Gasteiger partial charge in [0.2, 0.25) is 5.91 Å². The van der Waals surface area contributed by atoms with E-state index in [0.717, 1.165) is 4.47 Å². The highest BCUT2D eigenvalue weighted by Gasteiger charge is 2.12. The smallest absolute Gasteiger partial charge is 0.221 e. The molecule has 0 radical (unpaired) electrons. The number of carbonyl (C=O) groups is 1. The van der Waals surface area contributed by atoms with E-state index >= 15 is 0 Å². The van der Waals surface area contributed by atoms with Crippen LogP contribution in [0.1, 0.15) is 12.5 Å². The maximum Gasteiger partial charge on any atom is 0.221 e. The second-order valence-electron chi connectivity index (χ2n) is 3.07. The van der Waals surface area contributed by atoms with Gasteiger partial charge in [0.25, 0.3) is 0 Å². The Morgan fingerprint density at radius 2 is 2.20 bits per heavy atom. The third-order valence-electron chi connectivity index (χ3n) is 1.90. The van der Waals surface area contributed by atoms with Crippen molar-refractivity contribution in [2.45, 2.75) is 13.3 Å². The van der Waals surface area contributed by atoms with Crippen molar-refractivity contribution in [3.05, 3.63) is 22.2 Å². The Balaban J connectivity index is 3.18. The van der Waals surface area contributed by atoms with E-state index in [1.54, 1.807) is 6.07 Å². The molecule has 15 heavy (non-hydrogen) atoms. The number of aliphatic hydroxyl groups is 1. The van der Waals surface area contributed by atoms with Gasteiger partial charge in [-0.2, -0.15) is 0 Å². The van der Waals surface area contributed by atoms with Crippen LogP contribution >= 0.6 is 15.9 Å². The van der Waals surface area contributed by atoms with Gasteiger partial charge in [-0.15, -0.1) is 0 Å². The summed E-state index contributed by atoms with van der Waals surface area (Å²) in [7, 11) is 0. The first-order valence-electron chi connectivity index (χ1n) is 4.45. The predicted octanol–water partition coefficient (Wildman–Crippen LogP) is 1.65. The van der Waals surface area contributed by atoms with Gasteiger partial charge < -0.3 is 15.5 Å². The van der Waals surface area contributed by atoms with Crippen LogP contribution in [0.25, 0.3) is 0 Å². The number of phenolic OH excluding ortho intramolecular Hbond substituents is 1. The van der Waals surface area contributed by atoms with Crippen molar-refractivity contribution in [3.8, 4) is 5.75 Å². The predicted molar refractivity (Wildman–Crippen MR) is 60.9 cm³/mol. The summed E-state index contributed by atoms with van der Waals surface area (Å²) in [5, 5.41) is 21.0. The SMILES string of the molecule is CC(=O)Nc1c(O)ccc(Br)c1CCO. The highest BCUT2D eigenvalue weighted by Crippen LogP contribution is 2.33. The molecule has 0 atom stereocenters. The van der Waals surface area contributed by atoms with E-state index in [0.29, 0.717) is 17.7 Å². The number of aliphatic hydroxyl groups excluding tert-OH is 1. The average molecular weight is 274 g/mol. The number of hydrogen-bond donors (Lipinski definition) is 3. The summed E-state index contributed by atoms with van der Waals surface area (Å²) < 4.78 is 0.748. The number of carbonyl (C=O) groups excluding carboxylic acids is 1. The topological polar surface area (TPSA) is 69.6 Å². The largest absolute Gasteiger partial charge is 0.506 e. The van der Waals surface area contributed by atoms with Gasteiger partial charge in [0.05, 0.1) is 5.69 Å². The molecule has 0 fully saturated rings. The van der Waals surface area contributed by atoms with Gasteiger partial charge >= 0.3 is 0 Å². The molecular weight excluding hydrogens is 262 g/mol. The van der Waals surface area contributed by atoms with Gasteiger partial charge in [0.1, 0.15) is 5.75 Å². The Hall–Kier alpha value is -1.07. The summed E-state index contributed by atoms with van der Waals surface area (Å²) in [6, 6.07) is 3.15. The first-order valence-corrected chi connectivity index (χ1v) is 5.24. The first kappa shape index (κ1) is 12.0. The molecule has 0 saturated carbocycles. The molecule has 0 aliphatic rings. The molecule has 5 heteroatoms. The fraction of sp³-hybridized carbons (Fsp3) is 0.300. The fourth-order valence-electron chi connectivity index (χ4n) is 1.28. The summed E-state index contributed by atoms with van der Waals surface area (Å²) >= 11 is 3.30. The summed E-state index contributed by atoms with van der Waals surface area (Å²) in [6.45, 7) is 1.32. The minimum atomic E-state index is -0.261. The lowest BCUT2D eigenvalue weighted by atomic mass is 10.1. The summed E-state index contributed by atoms with van der Waals surface area (Å²) in [4.78, 5) is 10.9. The molecule has 1 aromatic carbocycles. The zero-order valence-electron chi connectivity index (χ0n) is 8.25. The van der Waals surface area contributed by atoms with Crippen molar-refractivity contribution in [2.75, 3.05) is 11.9 Å². The lowest BCUT2D eigenvalue weighted by molar-refractivity contribution is -0.114. The second-order valence-corrected chi connectivity index (χ2v) is 3.93. The summed E-state index contributed by atoms with van der Waals surface area (Å²) in [5.74, 6) is -0.264. The monoisotopic (exact) mass is 273 g/mol. The van der Waals surface area contributed by atoms with Crippen molar-refractivity contribution in [2.24, 2.45) is 0 Å². The molecule has 0 aliphatic heterocycles. The van der Waals surface area contributed by atoms with Gasteiger partial charge in [0.15, 0.2) is 0 Å². The molecule has 0 bridgehead atoms. The van der Waals surface area contributed by atoms with E-state index in [1.165, 1.54) is 13.0 Å². The number of nitrogens with one attached hydrogen (secondary N) is 1. The van der Waals surface area contributed by atoms with E-state index in [4.69, 9.17) is 5.11 Å². The number of aromatic hydroxyl groups is 1. The number of halogens is 1. The summed E-state index contributed by atoms with van der Waals surface area (Å²) in [6.07, 6.45) is 0.366. The maximum absolute atomic E-state index is 10.9. The second kappa shape index (κ2) is 5.14. The first-order chi connectivity index (χ1) is 7.06. The van der Waals surface area contributed by atoms with Crippen LogP contribution in [0.3, 0.4) is 0 Å².